The fraction of sp³-hybridized carbons (Fsp3) is 0.400. The molecule has 106 valence electrons. The number of anilines is 1. The molecule has 2 aromatic rings. The van der Waals surface area contributed by atoms with Crippen molar-refractivity contribution in [3.8, 4) is 0 Å². The van der Waals surface area contributed by atoms with Gasteiger partial charge in [0.2, 0.25) is 0 Å². The molecule has 3 rings (SSSR count). The Morgan fingerprint density at radius 3 is 3.10 bits per heavy atom. The smallest absolute Gasteiger partial charge is 0.267 e. The standard InChI is InChI=1S/C15H19N3O2/c1-9-11(5-6-20-9)8-17-15(19)13-7-10-3-2-4-12(16)14(10)18-13/h2-4,7,9,11,18H,5-6,8,16H2,1H3,(H,17,19). The van der Waals surface area contributed by atoms with Gasteiger partial charge in [-0.3, -0.25) is 4.79 Å². The Balaban J connectivity index is 1.71. The highest BCUT2D eigenvalue weighted by Gasteiger charge is 2.24. The number of amides is 1. The second-order valence-electron chi connectivity index (χ2n) is 5.33. The van der Waals surface area contributed by atoms with Crippen LogP contribution in [0.25, 0.3) is 10.9 Å². The van der Waals surface area contributed by atoms with Crippen LogP contribution in [-0.2, 0) is 4.74 Å². The molecular weight excluding hydrogens is 254 g/mol. The third-order valence-electron chi connectivity index (χ3n) is 3.99. The van der Waals surface area contributed by atoms with E-state index in [1.54, 1.807) is 0 Å². The number of ether oxygens (including phenoxy) is 1. The molecule has 0 radical (unpaired) electrons. The van der Waals surface area contributed by atoms with Crippen LogP contribution in [0, 0.1) is 5.92 Å². The van der Waals surface area contributed by atoms with Crippen LogP contribution in [0.2, 0.25) is 0 Å². The maximum absolute atomic E-state index is 12.2. The molecule has 1 aliphatic rings. The van der Waals surface area contributed by atoms with E-state index >= 15 is 0 Å². The molecule has 4 N–H and O–H groups in total. The summed E-state index contributed by atoms with van der Waals surface area (Å²) in [5.41, 5.74) is 7.89. The molecule has 2 unspecified atom stereocenters. The lowest BCUT2D eigenvalue weighted by Crippen LogP contribution is -2.32. The van der Waals surface area contributed by atoms with E-state index in [0.717, 1.165) is 23.9 Å². The van der Waals surface area contributed by atoms with Gasteiger partial charge in [-0.1, -0.05) is 12.1 Å². The number of para-hydroxylation sites is 1. The third kappa shape index (κ3) is 2.36. The van der Waals surface area contributed by atoms with E-state index in [1.807, 2.05) is 31.2 Å². The van der Waals surface area contributed by atoms with E-state index in [-0.39, 0.29) is 12.0 Å². The predicted molar refractivity (Wildman–Crippen MR) is 78.6 cm³/mol. The lowest BCUT2D eigenvalue weighted by Gasteiger charge is -2.14. The number of H-pyrrole nitrogens is 1. The van der Waals surface area contributed by atoms with Gasteiger partial charge in [0.15, 0.2) is 0 Å². The summed E-state index contributed by atoms with van der Waals surface area (Å²) >= 11 is 0. The van der Waals surface area contributed by atoms with Crippen LogP contribution >= 0.6 is 0 Å². The van der Waals surface area contributed by atoms with Gasteiger partial charge in [0.1, 0.15) is 5.69 Å². The summed E-state index contributed by atoms with van der Waals surface area (Å²) in [6, 6.07) is 7.46. The van der Waals surface area contributed by atoms with Gasteiger partial charge >= 0.3 is 0 Å². The van der Waals surface area contributed by atoms with Crippen LogP contribution < -0.4 is 11.1 Å². The number of aromatic amines is 1. The highest BCUT2D eigenvalue weighted by Crippen LogP contribution is 2.22. The second-order valence-corrected chi connectivity index (χ2v) is 5.33. The molecule has 5 heteroatoms. The molecule has 20 heavy (non-hydrogen) atoms. The van der Waals surface area contributed by atoms with Crippen LogP contribution in [-0.4, -0.2) is 30.1 Å². The SMILES string of the molecule is CC1OCCC1CNC(=O)c1cc2cccc(N)c2[nH]1. The molecule has 1 saturated heterocycles. The molecule has 1 amide bonds. The molecule has 2 heterocycles. The molecule has 2 atom stereocenters. The number of fused-ring (bicyclic) bond motifs is 1. The van der Waals surface area contributed by atoms with Gasteiger partial charge in [0, 0.05) is 24.5 Å². The van der Waals surface area contributed by atoms with Crippen molar-refractivity contribution in [1.82, 2.24) is 10.3 Å². The van der Waals surface area contributed by atoms with Gasteiger partial charge in [-0.15, -0.1) is 0 Å². The Hall–Kier alpha value is -2.01. The number of carbonyl (C=O) groups is 1. The van der Waals surface area contributed by atoms with Crippen molar-refractivity contribution >= 4 is 22.5 Å². The van der Waals surface area contributed by atoms with Crippen LogP contribution in [0.1, 0.15) is 23.8 Å². The fourth-order valence-corrected chi connectivity index (χ4v) is 2.67. The highest BCUT2D eigenvalue weighted by molar-refractivity contribution is 6.00. The highest BCUT2D eigenvalue weighted by atomic mass is 16.5. The predicted octanol–water partition coefficient (Wildman–Crippen LogP) is 1.90. The quantitative estimate of drug-likeness (QED) is 0.747. The Morgan fingerprint density at radius 1 is 1.55 bits per heavy atom. The normalized spacial score (nSPS) is 22.2. The number of benzene rings is 1. The van der Waals surface area contributed by atoms with Gasteiger partial charge in [-0.2, -0.15) is 0 Å². The Labute approximate surface area is 117 Å². The van der Waals surface area contributed by atoms with Gasteiger partial charge in [0.05, 0.1) is 17.3 Å². The van der Waals surface area contributed by atoms with Gasteiger partial charge in [-0.05, 0) is 25.5 Å². The van der Waals surface area contributed by atoms with Crippen molar-refractivity contribution < 1.29 is 9.53 Å². The first-order valence-electron chi connectivity index (χ1n) is 6.92. The first kappa shape index (κ1) is 13.0. The van der Waals surface area contributed by atoms with Gasteiger partial charge < -0.3 is 20.8 Å². The fourth-order valence-electron chi connectivity index (χ4n) is 2.67. The van der Waals surface area contributed by atoms with Crippen molar-refractivity contribution in [3.05, 3.63) is 30.0 Å². The Kier molecular flexibility index (Phi) is 3.36. The lowest BCUT2D eigenvalue weighted by atomic mass is 10.0. The maximum Gasteiger partial charge on any atom is 0.267 e. The summed E-state index contributed by atoms with van der Waals surface area (Å²) in [4.78, 5) is 15.2. The number of nitrogens with two attached hydrogens (primary N) is 1. The van der Waals surface area contributed by atoms with E-state index in [2.05, 4.69) is 10.3 Å². The molecule has 0 aliphatic carbocycles. The van der Waals surface area contributed by atoms with E-state index in [1.165, 1.54) is 0 Å². The minimum atomic E-state index is -0.0975. The first-order chi connectivity index (χ1) is 9.65. The van der Waals surface area contributed by atoms with Crippen LogP contribution in [0.3, 0.4) is 0 Å². The molecular formula is C15H19N3O2. The first-order valence-corrected chi connectivity index (χ1v) is 6.92. The van der Waals surface area contributed by atoms with Gasteiger partial charge in [0.25, 0.3) is 5.91 Å². The zero-order valence-corrected chi connectivity index (χ0v) is 11.5. The van der Waals surface area contributed by atoms with Crippen molar-refractivity contribution in [2.24, 2.45) is 5.92 Å². The summed E-state index contributed by atoms with van der Waals surface area (Å²) in [5, 5.41) is 3.91. The molecule has 0 bridgehead atoms. The Morgan fingerprint density at radius 2 is 2.40 bits per heavy atom. The molecule has 1 aromatic carbocycles. The van der Waals surface area contributed by atoms with Crippen molar-refractivity contribution in [1.29, 1.82) is 0 Å². The summed E-state index contributed by atoms with van der Waals surface area (Å²) < 4.78 is 5.49. The van der Waals surface area contributed by atoms with E-state index in [9.17, 15) is 4.79 Å². The molecule has 5 nitrogen and oxygen atoms in total. The number of hydrogen-bond acceptors (Lipinski definition) is 3. The van der Waals surface area contributed by atoms with E-state index in [4.69, 9.17) is 10.5 Å². The minimum Gasteiger partial charge on any atom is -0.397 e. The average Bonchev–Trinajstić information content (AvgIpc) is 3.03. The Bertz CT molecular complexity index is 635. The number of nitrogen functional groups attached to an aromatic ring is 1. The number of nitrogens with one attached hydrogen (secondary N) is 2. The van der Waals surface area contributed by atoms with Crippen LogP contribution in [0.5, 0.6) is 0 Å². The molecule has 1 aliphatic heterocycles. The largest absolute Gasteiger partial charge is 0.397 e. The lowest BCUT2D eigenvalue weighted by molar-refractivity contribution is 0.0904. The molecule has 0 saturated carbocycles. The summed E-state index contributed by atoms with van der Waals surface area (Å²) in [5.74, 6) is 0.299. The van der Waals surface area contributed by atoms with E-state index in [0.29, 0.717) is 23.8 Å². The van der Waals surface area contributed by atoms with Crippen molar-refractivity contribution in [2.45, 2.75) is 19.4 Å². The monoisotopic (exact) mass is 273 g/mol. The summed E-state index contributed by atoms with van der Waals surface area (Å²) in [6.07, 6.45) is 1.22. The number of carbonyl (C=O) groups excluding carboxylic acids is 1. The van der Waals surface area contributed by atoms with Crippen LogP contribution in [0.4, 0.5) is 5.69 Å². The number of hydrogen-bond donors (Lipinski definition) is 3. The molecule has 1 fully saturated rings. The molecule has 1 aromatic heterocycles. The van der Waals surface area contributed by atoms with Crippen molar-refractivity contribution in [3.63, 3.8) is 0 Å². The number of aromatic nitrogens is 1. The maximum atomic E-state index is 12.2. The zero-order valence-electron chi connectivity index (χ0n) is 11.5. The minimum absolute atomic E-state index is 0.0975. The van der Waals surface area contributed by atoms with Crippen molar-refractivity contribution in [2.75, 3.05) is 18.9 Å². The van der Waals surface area contributed by atoms with Crippen LogP contribution in [0.15, 0.2) is 24.3 Å². The topological polar surface area (TPSA) is 80.1 Å². The summed E-state index contributed by atoms with van der Waals surface area (Å²) in [7, 11) is 0. The van der Waals surface area contributed by atoms with E-state index < -0.39 is 0 Å². The molecule has 0 spiro atoms. The number of rotatable bonds is 3. The summed E-state index contributed by atoms with van der Waals surface area (Å²) in [6.45, 7) is 3.48. The second kappa shape index (κ2) is 5.17. The van der Waals surface area contributed by atoms with Gasteiger partial charge in [-0.25, -0.2) is 0 Å². The third-order valence-corrected chi connectivity index (χ3v) is 3.99. The average molecular weight is 273 g/mol. The zero-order chi connectivity index (χ0) is 14.1.